The lowest BCUT2D eigenvalue weighted by atomic mass is 9.33. The number of carbonyl (C=O) groups is 5. The number of hydrogen-bond donors (Lipinski definition) is 0. The number of Topliss-reactive ketones (excluding diaryl/α,β-unsaturated/α-hetero) is 1. The van der Waals surface area contributed by atoms with E-state index in [1.807, 2.05) is 41.5 Å². The van der Waals surface area contributed by atoms with E-state index in [-0.39, 0.29) is 18.6 Å². The summed E-state index contributed by atoms with van der Waals surface area (Å²) < 4.78 is 36.6. The van der Waals surface area contributed by atoms with E-state index in [4.69, 9.17) is 28.1 Å². The van der Waals surface area contributed by atoms with Crippen LogP contribution in [0.15, 0.2) is 23.0 Å². The van der Waals surface area contributed by atoms with Gasteiger partial charge in [0.05, 0.1) is 43.8 Å². The van der Waals surface area contributed by atoms with Crippen LogP contribution in [-0.4, -0.2) is 54.3 Å². The van der Waals surface area contributed by atoms with E-state index in [1.54, 1.807) is 26.2 Å². The molecule has 3 saturated carbocycles. The van der Waals surface area contributed by atoms with Crippen LogP contribution in [0.3, 0.4) is 0 Å². The van der Waals surface area contributed by atoms with Crippen LogP contribution in [-0.2, 0) is 47.7 Å². The number of ether oxygens (including phenoxy) is 5. The van der Waals surface area contributed by atoms with E-state index >= 15 is 4.79 Å². The average Bonchev–Trinajstić information content (AvgIpc) is 3.58. The third kappa shape index (κ3) is 4.37. The van der Waals surface area contributed by atoms with Gasteiger partial charge in [0, 0.05) is 28.2 Å². The van der Waals surface area contributed by atoms with Gasteiger partial charge >= 0.3 is 23.9 Å². The van der Waals surface area contributed by atoms with E-state index in [0.29, 0.717) is 31.2 Å². The standard InChI is InChI=1S/C37H50O11/c1-10-19(3)31(41)46-30-26-28(40)35(8,23(33(30,5)6)16-24(38)43-9)22-12-14-34(7)29(21-13-15-44-18-21)45-25(39)17-36(34)27(22)37(26,48-36)47-32(42)20(4)11-2/h13,15,18-20,22-23,26-27,29-30H,10-12,14,16-17H2,1-9H3/t19-,20-,22-,23+,26-,27+,29+,30-,34+,35-,36-,37-/m1/s1. The largest absolute Gasteiger partial charge is 0.472 e. The van der Waals surface area contributed by atoms with Crippen molar-refractivity contribution in [1.29, 1.82) is 0 Å². The van der Waals surface area contributed by atoms with Gasteiger partial charge in [0.2, 0.25) is 5.79 Å². The molecule has 0 unspecified atom stereocenters. The highest BCUT2D eigenvalue weighted by Crippen LogP contribution is 2.80. The highest BCUT2D eigenvalue weighted by Gasteiger charge is 2.90. The summed E-state index contributed by atoms with van der Waals surface area (Å²) in [6.45, 7) is 15.0. The van der Waals surface area contributed by atoms with Gasteiger partial charge in [0.15, 0.2) is 5.78 Å². The highest BCUT2D eigenvalue weighted by atomic mass is 16.8. The number of furan rings is 1. The molecule has 48 heavy (non-hydrogen) atoms. The summed E-state index contributed by atoms with van der Waals surface area (Å²) in [5.41, 5.74) is -3.39. The van der Waals surface area contributed by atoms with Gasteiger partial charge in [-0.3, -0.25) is 24.0 Å². The van der Waals surface area contributed by atoms with Crippen molar-refractivity contribution in [3.63, 3.8) is 0 Å². The molecule has 5 fully saturated rings. The molecule has 11 nitrogen and oxygen atoms in total. The van der Waals surface area contributed by atoms with Gasteiger partial charge in [-0.1, -0.05) is 55.4 Å². The maximum Gasteiger partial charge on any atom is 0.311 e. The first-order chi connectivity index (χ1) is 22.5. The minimum absolute atomic E-state index is 0.0798. The smallest absolute Gasteiger partial charge is 0.311 e. The number of methoxy groups -OCH3 is 1. The molecule has 2 saturated heterocycles. The molecule has 5 aliphatic rings. The van der Waals surface area contributed by atoms with Crippen molar-refractivity contribution >= 4 is 29.7 Å². The molecule has 11 heteroatoms. The quantitative estimate of drug-likeness (QED) is 0.234. The van der Waals surface area contributed by atoms with Crippen LogP contribution in [0.2, 0.25) is 0 Å². The second kappa shape index (κ2) is 11.4. The molecule has 0 N–H and O–H groups in total. The van der Waals surface area contributed by atoms with Gasteiger partial charge in [0.1, 0.15) is 23.7 Å². The number of rotatable bonds is 9. The highest BCUT2D eigenvalue weighted by molar-refractivity contribution is 5.93. The van der Waals surface area contributed by atoms with Crippen molar-refractivity contribution in [3.05, 3.63) is 24.2 Å². The number of carbonyl (C=O) groups excluding carboxylic acids is 5. The van der Waals surface area contributed by atoms with Crippen LogP contribution >= 0.6 is 0 Å². The number of hydrogen-bond acceptors (Lipinski definition) is 11. The number of ketones is 1. The normalized spacial score (nSPS) is 41.8. The molecule has 0 radical (unpaired) electrons. The van der Waals surface area contributed by atoms with E-state index in [2.05, 4.69) is 0 Å². The van der Waals surface area contributed by atoms with Crippen molar-refractivity contribution in [2.24, 2.45) is 51.8 Å². The van der Waals surface area contributed by atoms with Crippen molar-refractivity contribution in [1.82, 2.24) is 0 Å². The molecular formula is C37H50O11. The monoisotopic (exact) mass is 670 g/mol. The first-order valence-electron chi connectivity index (χ1n) is 17.5. The Balaban J connectivity index is 1.59. The molecule has 264 valence electrons. The van der Waals surface area contributed by atoms with Crippen LogP contribution in [0.4, 0.5) is 0 Å². The lowest BCUT2D eigenvalue weighted by molar-refractivity contribution is -0.505. The van der Waals surface area contributed by atoms with Gasteiger partial charge in [-0.15, -0.1) is 0 Å². The molecular weight excluding hydrogens is 620 g/mol. The van der Waals surface area contributed by atoms with Crippen LogP contribution in [0.5, 0.6) is 0 Å². The maximum absolute atomic E-state index is 15.3. The Morgan fingerprint density at radius 1 is 1.02 bits per heavy atom. The summed E-state index contributed by atoms with van der Waals surface area (Å²) >= 11 is 0. The van der Waals surface area contributed by atoms with Gasteiger partial charge in [-0.05, 0) is 43.6 Å². The lowest BCUT2D eigenvalue weighted by Gasteiger charge is -2.79. The van der Waals surface area contributed by atoms with Crippen LogP contribution in [0.1, 0.15) is 106 Å². The van der Waals surface area contributed by atoms with Gasteiger partial charge in [-0.25, -0.2) is 0 Å². The van der Waals surface area contributed by atoms with Crippen molar-refractivity contribution in [2.75, 3.05) is 7.11 Å². The van der Waals surface area contributed by atoms with E-state index < -0.39 is 99.2 Å². The second-order valence-electron chi connectivity index (χ2n) is 16.0. The predicted octanol–water partition coefficient (Wildman–Crippen LogP) is 5.74. The Bertz CT molecular complexity index is 1500. The molecule has 1 aromatic rings. The van der Waals surface area contributed by atoms with Crippen molar-refractivity contribution in [3.8, 4) is 0 Å². The molecule has 0 aromatic carbocycles. The zero-order chi connectivity index (χ0) is 35.2. The Morgan fingerprint density at radius 2 is 1.69 bits per heavy atom. The summed E-state index contributed by atoms with van der Waals surface area (Å²) in [6, 6.07) is 1.77. The number of cyclic esters (lactones) is 1. The zero-order valence-corrected chi connectivity index (χ0v) is 29.6. The lowest BCUT2D eigenvalue weighted by Crippen LogP contribution is -2.90. The molecule has 2 bridgehead atoms. The molecule has 2 aliphatic heterocycles. The van der Waals surface area contributed by atoms with Crippen molar-refractivity contribution in [2.45, 2.75) is 118 Å². The van der Waals surface area contributed by atoms with E-state index in [0.717, 1.165) is 0 Å². The molecule has 3 heterocycles. The molecule has 3 aliphatic carbocycles. The SMILES string of the molecule is CC[C@@H](C)C(=O)O[C@@H]1[C@H]2C(=O)[C@](C)([C@@H]3CC[C@@]4(C)[C@H](c5ccoc5)OC(=O)C[C@]45O[C@@]2(OC(=O)[C@H](C)CC)[C@@H]35)[C@@H](CC(=O)OC)C1(C)C. The molecule has 6 rings (SSSR count). The molecule has 12 atom stereocenters. The Kier molecular flexibility index (Phi) is 8.24. The Labute approximate surface area is 282 Å². The fourth-order valence-electron chi connectivity index (χ4n) is 10.4. The van der Waals surface area contributed by atoms with E-state index in [1.165, 1.54) is 13.4 Å². The fourth-order valence-corrected chi connectivity index (χ4v) is 10.4. The first-order valence-corrected chi connectivity index (χ1v) is 17.5. The van der Waals surface area contributed by atoms with Gasteiger partial charge in [0.25, 0.3) is 0 Å². The number of fused-ring (bicyclic) bond motifs is 4. The molecule has 0 amide bonds. The Hall–Kier alpha value is -3.21. The summed E-state index contributed by atoms with van der Waals surface area (Å²) in [6.07, 6.45) is 3.13. The van der Waals surface area contributed by atoms with Crippen LogP contribution in [0.25, 0.3) is 0 Å². The summed E-state index contributed by atoms with van der Waals surface area (Å²) in [4.78, 5) is 69.4. The predicted molar refractivity (Wildman–Crippen MR) is 168 cm³/mol. The van der Waals surface area contributed by atoms with Gasteiger partial charge in [-0.2, -0.15) is 0 Å². The minimum atomic E-state index is -1.81. The third-order valence-corrected chi connectivity index (χ3v) is 13.5. The van der Waals surface area contributed by atoms with Gasteiger partial charge < -0.3 is 28.1 Å². The minimum Gasteiger partial charge on any atom is -0.472 e. The summed E-state index contributed by atoms with van der Waals surface area (Å²) in [5, 5.41) is 0. The first kappa shape index (κ1) is 34.6. The van der Waals surface area contributed by atoms with Crippen molar-refractivity contribution < 1.29 is 52.1 Å². The fraction of sp³-hybridized carbons (Fsp3) is 0.757. The summed E-state index contributed by atoms with van der Waals surface area (Å²) in [7, 11) is 1.32. The average molecular weight is 671 g/mol. The number of esters is 4. The summed E-state index contributed by atoms with van der Waals surface area (Å²) in [5.74, 6) is -7.90. The molecule has 1 spiro atoms. The third-order valence-electron chi connectivity index (χ3n) is 13.5. The maximum atomic E-state index is 15.3. The van der Waals surface area contributed by atoms with Crippen LogP contribution < -0.4 is 0 Å². The van der Waals surface area contributed by atoms with E-state index in [9.17, 15) is 19.2 Å². The second-order valence-corrected chi connectivity index (χ2v) is 16.0. The Morgan fingerprint density at radius 3 is 2.29 bits per heavy atom. The zero-order valence-electron chi connectivity index (χ0n) is 29.6. The topological polar surface area (TPSA) is 145 Å². The molecule has 1 aromatic heterocycles. The van der Waals surface area contributed by atoms with Crippen LogP contribution in [0, 0.1) is 51.8 Å².